The lowest BCUT2D eigenvalue weighted by Gasteiger charge is -2.37. The van der Waals surface area contributed by atoms with Crippen molar-refractivity contribution in [1.82, 2.24) is 15.3 Å². The SMILES string of the molecule is CCNC(=O)c1ccc(CSc2nc(-c3ccccc3)cc(N3CCN(c4ccccc4Cl)CC3)n2)cc1. The van der Waals surface area contributed by atoms with Crippen molar-refractivity contribution < 1.29 is 4.79 Å². The Balaban J connectivity index is 1.33. The highest BCUT2D eigenvalue weighted by molar-refractivity contribution is 7.98. The molecule has 1 saturated heterocycles. The Bertz CT molecular complexity index is 1380. The molecule has 38 heavy (non-hydrogen) atoms. The Hall–Kier alpha value is -3.55. The zero-order valence-electron chi connectivity index (χ0n) is 21.3. The predicted octanol–water partition coefficient (Wildman–Crippen LogP) is 6.17. The number of rotatable bonds is 8. The minimum atomic E-state index is -0.0510. The molecule has 1 aromatic heterocycles. The minimum Gasteiger partial charge on any atom is -0.367 e. The van der Waals surface area contributed by atoms with Gasteiger partial charge in [-0.3, -0.25) is 4.79 Å². The monoisotopic (exact) mass is 543 g/mol. The topological polar surface area (TPSA) is 61.4 Å². The molecule has 4 aromatic rings. The smallest absolute Gasteiger partial charge is 0.251 e. The number of anilines is 2. The quantitative estimate of drug-likeness (QED) is 0.212. The number of thioether (sulfide) groups is 1. The number of carbonyl (C=O) groups is 1. The van der Waals surface area contributed by atoms with Crippen LogP contribution in [-0.4, -0.2) is 48.6 Å². The number of benzene rings is 3. The van der Waals surface area contributed by atoms with Crippen LogP contribution < -0.4 is 15.1 Å². The number of aromatic nitrogens is 2. The van der Waals surface area contributed by atoms with Crippen molar-refractivity contribution in [3.8, 4) is 11.3 Å². The van der Waals surface area contributed by atoms with Crippen molar-refractivity contribution in [3.63, 3.8) is 0 Å². The summed E-state index contributed by atoms with van der Waals surface area (Å²) < 4.78 is 0. The fraction of sp³-hybridized carbons (Fsp3) is 0.233. The van der Waals surface area contributed by atoms with E-state index in [2.05, 4.69) is 39.4 Å². The highest BCUT2D eigenvalue weighted by atomic mass is 35.5. The number of halogens is 1. The van der Waals surface area contributed by atoms with Gasteiger partial charge in [0.2, 0.25) is 0 Å². The maximum Gasteiger partial charge on any atom is 0.251 e. The average molecular weight is 544 g/mol. The molecule has 0 bridgehead atoms. The summed E-state index contributed by atoms with van der Waals surface area (Å²) in [5, 5.41) is 4.36. The van der Waals surface area contributed by atoms with Crippen LogP contribution in [0.5, 0.6) is 0 Å². The average Bonchev–Trinajstić information content (AvgIpc) is 2.97. The summed E-state index contributed by atoms with van der Waals surface area (Å²) in [7, 11) is 0. The van der Waals surface area contributed by atoms with Crippen LogP contribution in [0.1, 0.15) is 22.8 Å². The Morgan fingerprint density at radius 2 is 1.58 bits per heavy atom. The molecular weight excluding hydrogens is 514 g/mol. The largest absolute Gasteiger partial charge is 0.367 e. The molecule has 0 radical (unpaired) electrons. The van der Waals surface area contributed by atoms with Crippen LogP contribution in [0.25, 0.3) is 11.3 Å². The maximum atomic E-state index is 12.1. The molecule has 2 heterocycles. The third kappa shape index (κ3) is 6.29. The van der Waals surface area contributed by atoms with Crippen LogP contribution in [-0.2, 0) is 5.75 Å². The summed E-state index contributed by atoms with van der Waals surface area (Å²) in [5.41, 5.74) is 4.85. The van der Waals surface area contributed by atoms with Crippen molar-refractivity contribution >= 4 is 40.8 Å². The molecule has 1 aliphatic heterocycles. The van der Waals surface area contributed by atoms with Crippen LogP contribution >= 0.6 is 23.4 Å². The van der Waals surface area contributed by atoms with Gasteiger partial charge in [0.1, 0.15) is 5.82 Å². The Morgan fingerprint density at radius 1 is 0.895 bits per heavy atom. The highest BCUT2D eigenvalue weighted by Crippen LogP contribution is 2.30. The second-order valence-electron chi connectivity index (χ2n) is 9.03. The molecule has 3 aromatic carbocycles. The van der Waals surface area contributed by atoms with E-state index in [0.29, 0.717) is 17.9 Å². The van der Waals surface area contributed by atoms with Crippen LogP contribution in [0.2, 0.25) is 5.02 Å². The number of hydrogen-bond donors (Lipinski definition) is 1. The fourth-order valence-corrected chi connectivity index (χ4v) is 5.51. The van der Waals surface area contributed by atoms with Gasteiger partial charge in [0.25, 0.3) is 5.91 Å². The summed E-state index contributed by atoms with van der Waals surface area (Å²) in [6.45, 7) is 5.97. The van der Waals surface area contributed by atoms with Gasteiger partial charge in [-0.15, -0.1) is 0 Å². The third-order valence-electron chi connectivity index (χ3n) is 6.48. The molecule has 0 unspecified atom stereocenters. The molecule has 1 aliphatic rings. The van der Waals surface area contributed by atoms with Crippen molar-refractivity contribution in [3.05, 3.63) is 101 Å². The second-order valence-corrected chi connectivity index (χ2v) is 10.4. The third-order valence-corrected chi connectivity index (χ3v) is 7.72. The molecule has 1 amide bonds. The van der Waals surface area contributed by atoms with Crippen LogP contribution in [0.3, 0.4) is 0 Å². The number of nitrogens with zero attached hydrogens (tertiary/aromatic N) is 4. The summed E-state index contributed by atoms with van der Waals surface area (Å²) >= 11 is 8.05. The minimum absolute atomic E-state index is 0.0510. The van der Waals surface area contributed by atoms with Gasteiger partial charge in [0, 0.05) is 55.7 Å². The van der Waals surface area contributed by atoms with Crippen LogP contribution in [0.15, 0.2) is 90.1 Å². The Morgan fingerprint density at radius 3 is 2.29 bits per heavy atom. The summed E-state index contributed by atoms with van der Waals surface area (Å²) in [6.07, 6.45) is 0. The van der Waals surface area contributed by atoms with E-state index >= 15 is 0 Å². The van der Waals surface area contributed by atoms with Gasteiger partial charge in [-0.1, -0.05) is 78.0 Å². The van der Waals surface area contributed by atoms with E-state index in [0.717, 1.165) is 64.7 Å². The fourth-order valence-electron chi connectivity index (χ4n) is 4.44. The Kier molecular flexibility index (Phi) is 8.46. The number of amides is 1. The van der Waals surface area contributed by atoms with Gasteiger partial charge in [-0.25, -0.2) is 9.97 Å². The van der Waals surface area contributed by atoms with Crippen molar-refractivity contribution in [2.75, 3.05) is 42.5 Å². The van der Waals surface area contributed by atoms with E-state index < -0.39 is 0 Å². The molecule has 0 aliphatic carbocycles. The van der Waals surface area contributed by atoms with Gasteiger partial charge >= 0.3 is 0 Å². The van der Waals surface area contributed by atoms with Gasteiger partial charge < -0.3 is 15.1 Å². The van der Waals surface area contributed by atoms with E-state index in [-0.39, 0.29) is 5.91 Å². The Labute approximate surface area is 233 Å². The van der Waals surface area contributed by atoms with Crippen molar-refractivity contribution in [2.24, 2.45) is 0 Å². The van der Waals surface area contributed by atoms with Gasteiger partial charge in [-0.05, 0) is 36.8 Å². The summed E-state index contributed by atoms with van der Waals surface area (Å²) in [6, 6.07) is 28.1. The van der Waals surface area contributed by atoms with E-state index in [1.807, 2.05) is 67.6 Å². The molecule has 0 atom stereocenters. The predicted molar refractivity (Wildman–Crippen MR) is 157 cm³/mol. The van der Waals surface area contributed by atoms with Crippen molar-refractivity contribution in [2.45, 2.75) is 17.8 Å². The first-order valence-corrected chi connectivity index (χ1v) is 14.2. The van der Waals surface area contributed by atoms with Gasteiger partial charge in [-0.2, -0.15) is 0 Å². The normalized spacial score (nSPS) is 13.4. The van der Waals surface area contributed by atoms with Gasteiger partial charge in [0.15, 0.2) is 5.16 Å². The first-order chi connectivity index (χ1) is 18.6. The second kappa shape index (κ2) is 12.3. The van der Waals surface area contributed by atoms with E-state index in [1.165, 1.54) is 0 Å². The number of piperazine rings is 1. The van der Waals surface area contributed by atoms with Crippen LogP contribution in [0.4, 0.5) is 11.5 Å². The lowest BCUT2D eigenvalue weighted by Crippen LogP contribution is -2.47. The lowest BCUT2D eigenvalue weighted by molar-refractivity contribution is 0.0956. The van der Waals surface area contributed by atoms with Gasteiger partial charge in [0.05, 0.1) is 16.4 Å². The molecule has 6 nitrogen and oxygen atoms in total. The first-order valence-electron chi connectivity index (χ1n) is 12.8. The molecule has 1 N–H and O–H groups in total. The number of hydrogen-bond acceptors (Lipinski definition) is 6. The molecule has 0 spiro atoms. The number of carbonyl (C=O) groups excluding carboxylic acids is 1. The standard InChI is InChI=1S/C30H30ClN5OS/c1-2-32-29(37)24-14-12-22(13-15-24)21-38-30-33-26(23-8-4-3-5-9-23)20-28(34-30)36-18-16-35(17-19-36)27-11-7-6-10-25(27)31/h3-15,20H,2,16-19,21H2,1H3,(H,32,37). The molecule has 194 valence electrons. The molecule has 0 saturated carbocycles. The summed E-state index contributed by atoms with van der Waals surface area (Å²) in [4.78, 5) is 26.6. The van der Waals surface area contributed by atoms with Crippen LogP contribution in [0, 0.1) is 0 Å². The van der Waals surface area contributed by atoms with Crippen molar-refractivity contribution in [1.29, 1.82) is 0 Å². The zero-order valence-corrected chi connectivity index (χ0v) is 22.9. The molecular formula is C30H30ClN5OS. The first kappa shape index (κ1) is 26.1. The van der Waals surface area contributed by atoms with E-state index in [9.17, 15) is 4.79 Å². The number of nitrogens with one attached hydrogen (secondary N) is 1. The zero-order chi connectivity index (χ0) is 26.3. The lowest BCUT2D eigenvalue weighted by atomic mass is 10.1. The van der Waals surface area contributed by atoms with E-state index in [4.69, 9.17) is 21.6 Å². The van der Waals surface area contributed by atoms with E-state index in [1.54, 1.807) is 11.8 Å². The molecule has 5 rings (SSSR count). The summed E-state index contributed by atoms with van der Waals surface area (Å²) in [5.74, 6) is 1.60. The molecule has 8 heteroatoms. The highest BCUT2D eigenvalue weighted by Gasteiger charge is 2.21. The number of para-hydroxylation sites is 1. The maximum absolute atomic E-state index is 12.1. The molecule has 1 fully saturated rings.